The van der Waals surface area contributed by atoms with Crippen molar-refractivity contribution in [1.82, 2.24) is 4.90 Å². The first kappa shape index (κ1) is 18.4. The fourth-order valence-electron chi connectivity index (χ4n) is 3.86. The van der Waals surface area contributed by atoms with Gasteiger partial charge in [0.2, 0.25) is 0 Å². The van der Waals surface area contributed by atoms with Gasteiger partial charge in [0.05, 0.1) is 0 Å². The van der Waals surface area contributed by atoms with Gasteiger partial charge in [-0.1, -0.05) is 45.2 Å². The summed E-state index contributed by atoms with van der Waals surface area (Å²) >= 11 is 0. The maximum absolute atomic E-state index is 13.1. The highest BCUT2D eigenvalue weighted by molar-refractivity contribution is 6.26. The number of rotatable bonds is 7. The highest BCUT2D eigenvalue weighted by atomic mass is 16.2. The first-order chi connectivity index (χ1) is 12.5. The largest absolute Gasteiger partial charge is 0.377 e. The molecule has 0 fully saturated rings. The summed E-state index contributed by atoms with van der Waals surface area (Å²) in [5.74, 6) is 0.0579. The highest BCUT2D eigenvalue weighted by Gasteiger charge is 2.34. The first-order valence-electron chi connectivity index (χ1n) is 9.58. The maximum atomic E-state index is 13.1. The summed E-state index contributed by atoms with van der Waals surface area (Å²) in [7, 11) is 3.95. The molecule has 2 aromatic rings. The molecule has 26 heavy (non-hydrogen) atoms. The van der Waals surface area contributed by atoms with Gasteiger partial charge in [0.1, 0.15) is 0 Å². The van der Waals surface area contributed by atoms with Gasteiger partial charge in [-0.15, -0.1) is 0 Å². The van der Waals surface area contributed by atoms with Crippen LogP contribution in [-0.2, 0) is 0 Å². The van der Waals surface area contributed by atoms with E-state index in [0.717, 1.165) is 42.1 Å². The van der Waals surface area contributed by atoms with Crippen molar-refractivity contribution in [2.24, 2.45) is 5.92 Å². The van der Waals surface area contributed by atoms with E-state index in [4.69, 9.17) is 0 Å². The third-order valence-corrected chi connectivity index (χ3v) is 5.43. The number of carbonyl (C=O) groups is 2. The summed E-state index contributed by atoms with van der Waals surface area (Å²) in [6.07, 6.45) is 4.30. The van der Waals surface area contributed by atoms with Crippen LogP contribution >= 0.6 is 0 Å². The summed E-state index contributed by atoms with van der Waals surface area (Å²) in [6, 6.07) is 9.59. The lowest BCUT2D eigenvalue weighted by atomic mass is 9.91. The Bertz CT molecular complexity index is 819. The molecule has 1 unspecified atom stereocenters. The molecule has 1 aliphatic heterocycles. The van der Waals surface area contributed by atoms with Crippen LogP contribution in [0.25, 0.3) is 10.8 Å². The Labute approximate surface area is 155 Å². The lowest BCUT2D eigenvalue weighted by molar-refractivity contribution is 0.0580. The molecule has 1 aliphatic rings. The molecule has 0 aromatic heterocycles. The molecule has 2 amide bonds. The molecule has 0 aliphatic carbocycles. The first-order valence-corrected chi connectivity index (χ1v) is 9.58. The summed E-state index contributed by atoms with van der Waals surface area (Å²) in [5.41, 5.74) is 2.31. The number of hydrogen-bond donors (Lipinski definition) is 0. The number of unbranched alkanes of at least 4 members (excludes halogenated alkanes) is 1. The Morgan fingerprint density at radius 3 is 2.31 bits per heavy atom. The topological polar surface area (TPSA) is 40.6 Å². The van der Waals surface area contributed by atoms with Crippen molar-refractivity contribution in [2.75, 3.05) is 25.5 Å². The zero-order chi connectivity index (χ0) is 18.8. The van der Waals surface area contributed by atoms with Crippen LogP contribution in [-0.4, -0.2) is 37.4 Å². The van der Waals surface area contributed by atoms with E-state index in [1.165, 1.54) is 4.90 Å². The molecule has 0 radical (unpaired) electrons. The second-order valence-electron chi connectivity index (χ2n) is 7.39. The summed E-state index contributed by atoms with van der Waals surface area (Å²) < 4.78 is 0. The average Bonchev–Trinajstić information content (AvgIpc) is 2.64. The van der Waals surface area contributed by atoms with Crippen molar-refractivity contribution in [3.63, 3.8) is 0 Å². The van der Waals surface area contributed by atoms with E-state index in [2.05, 4.69) is 13.8 Å². The third-order valence-electron chi connectivity index (χ3n) is 5.43. The van der Waals surface area contributed by atoms with Crippen molar-refractivity contribution in [2.45, 2.75) is 39.5 Å². The Balaban J connectivity index is 2.04. The molecule has 4 nitrogen and oxygen atoms in total. The van der Waals surface area contributed by atoms with Crippen LogP contribution in [0.1, 0.15) is 60.2 Å². The molecule has 138 valence electrons. The number of amides is 2. The average molecular weight is 352 g/mol. The number of hydrogen-bond acceptors (Lipinski definition) is 3. The van der Waals surface area contributed by atoms with Crippen molar-refractivity contribution >= 4 is 28.3 Å². The van der Waals surface area contributed by atoms with E-state index in [-0.39, 0.29) is 11.8 Å². The normalized spacial score (nSPS) is 14.8. The molecule has 3 rings (SSSR count). The van der Waals surface area contributed by atoms with Crippen LogP contribution in [0.15, 0.2) is 30.3 Å². The van der Waals surface area contributed by atoms with Crippen molar-refractivity contribution in [1.29, 1.82) is 0 Å². The van der Waals surface area contributed by atoms with Crippen molar-refractivity contribution < 1.29 is 9.59 Å². The minimum Gasteiger partial charge on any atom is -0.377 e. The van der Waals surface area contributed by atoms with E-state index >= 15 is 0 Å². The number of imide groups is 1. The Kier molecular flexibility index (Phi) is 5.30. The van der Waals surface area contributed by atoms with Gasteiger partial charge in [0, 0.05) is 48.2 Å². The predicted molar refractivity (Wildman–Crippen MR) is 107 cm³/mol. The Morgan fingerprint density at radius 1 is 1.00 bits per heavy atom. The lowest BCUT2D eigenvalue weighted by Gasteiger charge is -2.31. The van der Waals surface area contributed by atoms with E-state index in [9.17, 15) is 9.59 Å². The second kappa shape index (κ2) is 7.48. The molecule has 1 heterocycles. The van der Waals surface area contributed by atoms with Gasteiger partial charge in [0.15, 0.2) is 0 Å². The molecule has 1 atom stereocenters. The summed E-state index contributed by atoms with van der Waals surface area (Å²) in [5, 5.41) is 1.76. The summed E-state index contributed by atoms with van der Waals surface area (Å²) in [4.78, 5) is 29.7. The molecular formula is C22H28N2O2. The molecule has 0 saturated heterocycles. The SMILES string of the molecule is CCCCC(CC)CN1C(=O)c2cccc3c(N(C)C)ccc(c23)C1=O. The minimum absolute atomic E-state index is 0.154. The minimum atomic E-state index is -0.154. The number of carbonyl (C=O) groups excluding carboxylic acids is 2. The highest BCUT2D eigenvalue weighted by Crippen LogP contribution is 2.35. The van der Waals surface area contributed by atoms with Crippen molar-refractivity contribution in [3.05, 3.63) is 41.5 Å². The van der Waals surface area contributed by atoms with Crippen LogP contribution in [0.5, 0.6) is 0 Å². The molecule has 0 bridgehead atoms. The number of anilines is 1. The van der Waals surface area contributed by atoms with Gasteiger partial charge in [-0.2, -0.15) is 0 Å². The zero-order valence-electron chi connectivity index (χ0n) is 16.2. The molecule has 4 heteroatoms. The van der Waals surface area contributed by atoms with Crippen LogP contribution in [0.4, 0.5) is 5.69 Å². The number of nitrogens with zero attached hydrogens (tertiary/aromatic N) is 2. The Hall–Kier alpha value is -2.36. The third kappa shape index (κ3) is 3.09. The second-order valence-corrected chi connectivity index (χ2v) is 7.39. The predicted octanol–water partition coefficient (Wildman–Crippen LogP) is 4.72. The molecule has 0 N–H and O–H groups in total. The van der Waals surface area contributed by atoms with Crippen LogP contribution < -0.4 is 4.90 Å². The monoisotopic (exact) mass is 352 g/mol. The van der Waals surface area contributed by atoms with E-state index in [1.807, 2.05) is 49.3 Å². The quantitative estimate of drug-likeness (QED) is 0.677. The smallest absolute Gasteiger partial charge is 0.261 e. The van der Waals surface area contributed by atoms with Gasteiger partial charge in [-0.3, -0.25) is 14.5 Å². The number of benzene rings is 2. The zero-order valence-corrected chi connectivity index (χ0v) is 16.2. The van der Waals surface area contributed by atoms with Gasteiger partial charge < -0.3 is 4.90 Å². The molecule has 2 aromatic carbocycles. The fourth-order valence-corrected chi connectivity index (χ4v) is 3.86. The van der Waals surface area contributed by atoms with E-state index < -0.39 is 0 Å². The van der Waals surface area contributed by atoms with Gasteiger partial charge >= 0.3 is 0 Å². The van der Waals surface area contributed by atoms with Crippen LogP contribution in [0, 0.1) is 5.92 Å². The lowest BCUT2D eigenvalue weighted by Crippen LogP contribution is -2.43. The van der Waals surface area contributed by atoms with Gasteiger partial charge in [-0.25, -0.2) is 0 Å². The Morgan fingerprint density at radius 2 is 1.69 bits per heavy atom. The van der Waals surface area contributed by atoms with E-state index in [1.54, 1.807) is 0 Å². The van der Waals surface area contributed by atoms with Crippen molar-refractivity contribution in [3.8, 4) is 0 Å². The van der Waals surface area contributed by atoms with E-state index in [0.29, 0.717) is 23.6 Å². The van der Waals surface area contributed by atoms with Crippen LogP contribution in [0.3, 0.4) is 0 Å². The van der Waals surface area contributed by atoms with Gasteiger partial charge in [0.25, 0.3) is 11.8 Å². The molecule has 0 saturated carbocycles. The van der Waals surface area contributed by atoms with Gasteiger partial charge in [-0.05, 0) is 30.5 Å². The summed E-state index contributed by atoms with van der Waals surface area (Å²) in [6.45, 7) is 4.82. The molecular weight excluding hydrogens is 324 g/mol. The standard InChI is InChI=1S/C22H28N2O2/c1-5-7-9-15(6-2)14-24-21(25)17-11-8-10-16-19(23(3)4)13-12-18(20(16)17)22(24)26/h8,10-13,15H,5-7,9,14H2,1-4H3. The molecule has 0 spiro atoms. The van der Waals surface area contributed by atoms with Crippen LogP contribution in [0.2, 0.25) is 0 Å². The fraction of sp³-hybridized carbons (Fsp3) is 0.455. The maximum Gasteiger partial charge on any atom is 0.261 e.